The van der Waals surface area contributed by atoms with Gasteiger partial charge in [0.1, 0.15) is 17.8 Å². The minimum absolute atomic E-state index is 0.240. The Labute approximate surface area is 224 Å². The SMILES string of the molecule is COCCN1C[C@@H](NC(=O)Nc2c(C)c(-c3ncn(C)n3)nn2-c2ccccc2)[C@H](c2ccc(F)c(F)c2)C1. The third-order valence-corrected chi connectivity index (χ3v) is 6.86. The second-order valence-electron chi connectivity index (χ2n) is 9.55. The van der Waals surface area contributed by atoms with Gasteiger partial charge >= 0.3 is 6.03 Å². The van der Waals surface area contributed by atoms with Crippen molar-refractivity contribution in [2.75, 3.05) is 38.7 Å². The van der Waals surface area contributed by atoms with Crippen LogP contribution in [0.4, 0.5) is 19.4 Å². The van der Waals surface area contributed by atoms with E-state index in [1.165, 1.54) is 6.07 Å². The van der Waals surface area contributed by atoms with Gasteiger partial charge in [0.05, 0.1) is 18.3 Å². The van der Waals surface area contributed by atoms with Gasteiger partial charge in [-0.1, -0.05) is 24.3 Å². The molecular formula is C27H30F2N8O2. The van der Waals surface area contributed by atoms with E-state index in [0.717, 1.165) is 11.8 Å². The van der Waals surface area contributed by atoms with Crippen molar-refractivity contribution in [1.82, 2.24) is 34.8 Å². The molecule has 1 aliphatic rings. The summed E-state index contributed by atoms with van der Waals surface area (Å²) >= 11 is 0. The lowest BCUT2D eigenvalue weighted by molar-refractivity contribution is 0.159. The molecule has 39 heavy (non-hydrogen) atoms. The van der Waals surface area contributed by atoms with Gasteiger partial charge in [-0.15, -0.1) is 5.10 Å². The van der Waals surface area contributed by atoms with Crippen molar-refractivity contribution >= 4 is 11.8 Å². The fourth-order valence-electron chi connectivity index (χ4n) is 4.89. The number of hydrogen-bond acceptors (Lipinski definition) is 6. The Balaban J connectivity index is 1.42. The van der Waals surface area contributed by atoms with Crippen LogP contribution in [0.2, 0.25) is 0 Å². The lowest BCUT2D eigenvalue weighted by atomic mass is 9.94. The maximum Gasteiger partial charge on any atom is 0.320 e. The van der Waals surface area contributed by atoms with Crippen LogP contribution in [-0.2, 0) is 11.8 Å². The molecule has 0 bridgehead atoms. The van der Waals surface area contributed by atoms with E-state index in [1.807, 2.05) is 37.3 Å². The molecule has 3 heterocycles. The van der Waals surface area contributed by atoms with E-state index >= 15 is 0 Å². The number of urea groups is 1. The van der Waals surface area contributed by atoms with Crippen LogP contribution in [-0.4, -0.2) is 74.9 Å². The fraction of sp³-hybridized carbons (Fsp3) is 0.333. The second-order valence-corrected chi connectivity index (χ2v) is 9.55. The van der Waals surface area contributed by atoms with E-state index in [2.05, 4.69) is 25.6 Å². The number of ether oxygens (including phenoxy) is 1. The number of hydrogen-bond donors (Lipinski definition) is 2. The van der Waals surface area contributed by atoms with Crippen molar-refractivity contribution in [3.8, 4) is 17.2 Å². The highest BCUT2D eigenvalue weighted by atomic mass is 19.2. The summed E-state index contributed by atoms with van der Waals surface area (Å²) in [5.41, 5.74) is 2.61. The zero-order valence-electron chi connectivity index (χ0n) is 21.9. The summed E-state index contributed by atoms with van der Waals surface area (Å²) in [6.07, 6.45) is 1.59. The molecule has 2 atom stereocenters. The van der Waals surface area contributed by atoms with Gasteiger partial charge in [-0.2, -0.15) is 5.10 Å². The molecule has 0 radical (unpaired) electrons. The molecule has 1 aliphatic heterocycles. The van der Waals surface area contributed by atoms with Crippen LogP contribution < -0.4 is 10.6 Å². The number of likely N-dealkylation sites (tertiary alicyclic amines) is 1. The monoisotopic (exact) mass is 536 g/mol. The third kappa shape index (κ3) is 5.66. The molecule has 1 fully saturated rings. The van der Waals surface area contributed by atoms with E-state index in [9.17, 15) is 13.6 Å². The lowest BCUT2D eigenvalue weighted by Gasteiger charge is -2.21. The largest absolute Gasteiger partial charge is 0.383 e. The number of aryl methyl sites for hydroxylation is 1. The van der Waals surface area contributed by atoms with Crippen LogP contribution >= 0.6 is 0 Å². The molecule has 0 saturated carbocycles. The average Bonchev–Trinajstić information content (AvgIpc) is 3.62. The van der Waals surface area contributed by atoms with Gasteiger partial charge in [0, 0.05) is 45.3 Å². The Hall–Kier alpha value is -4.16. The summed E-state index contributed by atoms with van der Waals surface area (Å²) in [4.78, 5) is 19.8. The Kier molecular flexibility index (Phi) is 7.66. The van der Waals surface area contributed by atoms with Gasteiger partial charge in [0.2, 0.25) is 5.82 Å². The number of carbonyl (C=O) groups excluding carboxylic acids is 1. The van der Waals surface area contributed by atoms with Crippen molar-refractivity contribution in [1.29, 1.82) is 0 Å². The molecule has 2 aromatic carbocycles. The van der Waals surface area contributed by atoms with Gasteiger partial charge < -0.3 is 10.1 Å². The van der Waals surface area contributed by atoms with Gasteiger partial charge in [0.25, 0.3) is 0 Å². The van der Waals surface area contributed by atoms with Crippen molar-refractivity contribution in [3.05, 3.63) is 77.6 Å². The number of carbonyl (C=O) groups is 1. The van der Waals surface area contributed by atoms with Gasteiger partial charge in [0.15, 0.2) is 11.6 Å². The number of aromatic nitrogens is 5. The Morgan fingerprint density at radius 2 is 1.90 bits per heavy atom. The van der Waals surface area contributed by atoms with Crippen LogP contribution in [0.1, 0.15) is 17.0 Å². The van der Waals surface area contributed by atoms with Gasteiger partial charge in [-0.25, -0.2) is 23.2 Å². The Morgan fingerprint density at radius 1 is 1.10 bits per heavy atom. The molecule has 0 spiro atoms. The summed E-state index contributed by atoms with van der Waals surface area (Å²) in [6, 6.07) is 12.5. The molecule has 2 N–H and O–H groups in total. The molecule has 2 aromatic heterocycles. The topological polar surface area (TPSA) is 102 Å². The molecule has 1 saturated heterocycles. The number of rotatable bonds is 8. The Bertz CT molecular complexity index is 1460. The summed E-state index contributed by atoms with van der Waals surface area (Å²) in [5.74, 6) is -1.14. The third-order valence-electron chi connectivity index (χ3n) is 6.86. The van der Waals surface area contributed by atoms with Crippen molar-refractivity contribution in [2.24, 2.45) is 7.05 Å². The predicted octanol–water partition coefficient (Wildman–Crippen LogP) is 3.49. The highest BCUT2D eigenvalue weighted by Gasteiger charge is 2.35. The molecule has 204 valence electrons. The first-order valence-electron chi connectivity index (χ1n) is 12.6. The highest BCUT2D eigenvalue weighted by molar-refractivity contribution is 5.91. The minimum atomic E-state index is -0.913. The minimum Gasteiger partial charge on any atom is -0.383 e. The maximum absolute atomic E-state index is 14.1. The molecule has 0 aliphatic carbocycles. The normalized spacial score (nSPS) is 17.5. The fourth-order valence-corrected chi connectivity index (χ4v) is 4.89. The van der Waals surface area contributed by atoms with Crippen LogP contribution in [0.25, 0.3) is 17.2 Å². The number of halogens is 2. The first kappa shape index (κ1) is 26.4. The number of nitrogens with zero attached hydrogens (tertiary/aromatic N) is 6. The van der Waals surface area contributed by atoms with Crippen molar-refractivity contribution < 1.29 is 18.3 Å². The second kappa shape index (κ2) is 11.3. The van der Waals surface area contributed by atoms with Crippen molar-refractivity contribution in [3.63, 3.8) is 0 Å². The zero-order chi connectivity index (χ0) is 27.5. The summed E-state index contributed by atoms with van der Waals surface area (Å²) in [6.45, 7) is 4.11. The highest BCUT2D eigenvalue weighted by Crippen LogP contribution is 2.31. The van der Waals surface area contributed by atoms with E-state index in [1.54, 1.807) is 35.9 Å². The number of benzene rings is 2. The number of amides is 2. The number of nitrogens with one attached hydrogen (secondary N) is 2. The quantitative estimate of drug-likeness (QED) is 0.358. The average molecular weight is 537 g/mol. The number of anilines is 1. The van der Waals surface area contributed by atoms with E-state index < -0.39 is 17.7 Å². The molecular weight excluding hydrogens is 506 g/mol. The molecule has 0 unspecified atom stereocenters. The van der Waals surface area contributed by atoms with Crippen LogP contribution in [0.3, 0.4) is 0 Å². The van der Waals surface area contributed by atoms with Crippen molar-refractivity contribution in [2.45, 2.75) is 18.9 Å². The molecule has 5 rings (SSSR count). The molecule has 12 heteroatoms. The van der Waals surface area contributed by atoms with E-state index in [4.69, 9.17) is 9.84 Å². The summed E-state index contributed by atoms with van der Waals surface area (Å²) in [7, 11) is 3.40. The Morgan fingerprint density at radius 3 is 2.59 bits per heavy atom. The number of methoxy groups -OCH3 is 1. The van der Waals surface area contributed by atoms with Gasteiger partial charge in [-0.3, -0.25) is 14.9 Å². The summed E-state index contributed by atoms with van der Waals surface area (Å²) in [5, 5.41) is 15.1. The van der Waals surface area contributed by atoms with Crippen LogP contribution in [0.15, 0.2) is 54.9 Å². The maximum atomic E-state index is 14.1. The molecule has 4 aromatic rings. The predicted molar refractivity (Wildman–Crippen MR) is 142 cm³/mol. The van der Waals surface area contributed by atoms with Crippen LogP contribution in [0, 0.1) is 18.6 Å². The molecule has 10 nitrogen and oxygen atoms in total. The zero-order valence-corrected chi connectivity index (χ0v) is 21.9. The molecule has 2 amide bonds. The lowest BCUT2D eigenvalue weighted by Crippen LogP contribution is -2.42. The smallest absolute Gasteiger partial charge is 0.320 e. The van der Waals surface area contributed by atoms with E-state index in [-0.39, 0.29) is 12.0 Å². The van der Waals surface area contributed by atoms with Crippen LogP contribution in [0.5, 0.6) is 0 Å². The standard InChI is InChI=1S/C27H30F2N8O2/c1-17-24(25-30-16-35(2)34-25)33-37(19-7-5-4-6-8-19)26(17)32-27(38)31-23-15-36(11-12-39-3)14-20(23)18-9-10-21(28)22(29)13-18/h4-10,13,16,20,23H,11-12,14-15H2,1-3H3,(H2,31,32,38)/t20-,23+/m0/s1. The van der Waals surface area contributed by atoms with Gasteiger partial charge in [-0.05, 0) is 36.8 Å². The van der Waals surface area contributed by atoms with E-state index in [0.29, 0.717) is 54.7 Å². The first-order chi connectivity index (χ1) is 18.8. The number of para-hydroxylation sites is 1. The first-order valence-corrected chi connectivity index (χ1v) is 12.6. The summed E-state index contributed by atoms with van der Waals surface area (Å²) < 4.78 is 36.1.